The molecular weight excluding hydrogens is 302 g/mol. The van der Waals surface area contributed by atoms with Crippen molar-refractivity contribution in [2.45, 2.75) is 0 Å². The molecule has 0 spiro atoms. The lowest BCUT2D eigenvalue weighted by Gasteiger charge is -2.12. The minimum Gasteiger partial charge on any atom is -0.497 e. The average Bonchev–Trinajstić information content (AvgIpc) is 2.59. The second kappa shape index (κ2) is 7.12. The van der Waals surface area contributed by atoms with Crippen LogP contribution in [-0.4, -0.2) is 25.1 Å². The van der Waals surface area contributed by atoms with E-state index < -0.39 is 10.8 Å². The van der Waals surface area contributed by atoms with Gasteiger partial charge >= 0.3 is 0 Å². The fraction of sp³-hybridized carbons (Fsp3) is 0.133. The predicted molar refractivity (Wildman–Crippen MR) is 83.7 cm³/mol. The first-order chi connectivity index (χ1) is 11.1. The van der Waals surface area contributed by atoms with Gasteiger partial charge in [-0.15, -0.1) is 0 Å². The first-order valence-corrected chi connectivity index (χ1v) is 6.58. The Bertz CT molecular complexity index is 733. The average molecular weight is 317 g/mol. The normalized spacial score (nSPS) is 9.83. The number of hydrogen-bond acceptors (Lipinski definition) is 6. The number of nitro benzene ring substituents is 1. The van der Waals surface area contributed by atoms with Crippen LogP contribution in [0.15, 0.2) is 42.5 Å². The maximum Gasteiger partial charge on any atom is 0.294 e. The maximum absolute atomic E-state index is 12.2. The van der Waals surface area contributed by atoms with Crippen molar-refractivity contribution in [3.8, 4) is 11.5 Å². The van der Waals surface area contributed by atoms with Gasteiger partial charge in [-0.3, -0.25) is 25.8 Å². The summed E-state index contributed by atoms with van der Waals surface area (Å²) in [5.41, 5.74) is 5.25. The van der Waals surface area contributed by atoms with Crippen molar-refractivity contribution in [3.63, 3.8) is 0 Å². The Balaban J connectivity index is 2.16. The Morgan fingerprint density at radius 3 is 2.52 bits per heavy atom. The van der Waals surface area contributed by atoms with Gasteiger partial charge in [-0.25, -0.2) is 0 Å². The zero-order chi connectivity index (χ0) is 16.8. The molecule has 2 rings (SSSR count). The summed E-state index contributed by atoms with van der Waals surface area (Å²) in [5, 5.41) is 10.9. The van der Waals surface area contributed by atoms with Gasteiger partial charge in [0, 0.05) is 12.1 Å². The number of methoxy groups -OCH3 is 2. The van der Waals surface area contributed by atoms with E-state index in [0.29, 0.717) is 11.5 Å². The number of anilines is 1. The van der Waals surface area contributed by atoms with Gasteiger partial charge in [0.2, 0.25) is 0 Å². The van der Waals surface area contributed by atoms with Crippen LogP contribution >= 0.6 is 0 Å². The highest BCUT2D eigenvalue weighted by Crippen LogP contribution is 2.25. The Morgan fingerprint density at radius 2 is 1.87 bits per heavy atom. The van der Waals surface area contributed by atoms with Crippen LogP contribution in [0, 0.1) is 10.1 Å². The minimum absolute atomic E-state index is 0.144. The lowest BCUT2D eigenvalue weighted by Crippen LogP contribution is -2.30. The summed E-state index contributed by atoms with van der Waals surface area (Å²) < 4.78 is 10.2. The van der Waals surface area contributed by atoms with Crippen LogP contribution in [0.1, 0.15) is 10.4 Å². The van der Waals surface area contributed by atoms with E-state index in [2.05, 4.69) is 10.9 Å². The third kappa shape index (κ3) is 3.67. The summed E-state index contributed by atoms with van der Waals surface area (Å²) in [7, 11) is 2.94. The molecule has 0 saturated heterocycles. The van der Waals surface area contributed by atoms with E-state index >= 15 is 0 Å². The summed E-state index contributed by atoms with van der Waals surface area (Å²) in [6, 6.07) is 10.7. The number of hydrogen-bond donors (Lipinski definition) is 2. The van der Waals surface area contributed by atoms with Crippen molar-refractivity contribution < 1.29 is 19.2 Å². The van der Waals surface area contributed by atoms with Crippen LogP contribution in [0.5, 0.6) is 11.5 Å². The highest BCUT2D eigenvalue weighted by molar-refractivity contribution is 5.97. The fourth-order valence-corrected chi connectivity index (χ4v) is 1.92. The number of nitrogens with zero attached hydrogens (tertiary/aromatic N) is 1. The van der Waals surface area contributed by atoms with Gasteiger partial charge in [-0.05, 0) is 18.2 Å². The highest BCUT2D eigenvalue weighted by Gasteiger charge is 2.16. The molecule has 2 aromatic carbocycles. The molecule has 0 saturated carbocycles. The molecule has 1 amide bonds. The van der Waals surface area contributed by atoms with Gasteiger partial charge in [0.25, 0.3) is 11.6 Å². The van der Waals surface area contributed by atoms with Crippen molar-refractivity contribution in [3.05, 3.63) is 58.1 Å². The zero-order valence-corrected chi connectivity index (χ0v) is 12.5. The minimum atomic E-state index is -0.539. The predicted octanol–water partition coefficient (Wildman–Crippen LogP) is 2.37. The molecule has 23 heavy (non-hydrogen) atoms. The van der Waals surface area contributed by atoms with Gasteiger partial charge in [0.15, 0.2) is 0 Å². The number of nitro groups is 1. The molecule has 0 atom stereocenters. The molecule has 0 aromatic heterocycles. The van der Waals surface area contributed by atoms with E-state index in [4.69, 9.17) is 9.47 Å². The van der Waals surface area contributed by atoms with Crippen LogP contribution < -0.4 is 20.3 Å². The first-order valence-electron chi connectivity index (χ1n) is 6.58. The lowest BCUT2D eigenvalue weighted by atomic mass is 10.2. The molecule has 0 radical (unpaired) electrons. The maximum atomic E-state index is 12.2. The molecule has 0 heterocycles. The van der Waals surface area contributed by atoms with Crippen LogP contribution in [0.3, 0.4) is 0 Å². The fourth-order valence-electron chi connectivity index (χ4n) is 1.92. The summed E-state index contributed by atoms with van der Waals surface area (Å²) in [6.07, 6.45) is 0. The number of nitrogens with one attached hydrogen (secondary N) is 2. The van der Waals surface area contributed by atoms with E-state index in [1.54, 1.807) is 18.2 Å². The third-order valence-corrected chi connectivity index (χ3v) is 3.06. The van der Waals surface area contributed by atoms with Crippen LogP contribution in [-0.2, 0) is 0 Å². The zero-order valence-electron chi connectivity index (χ0n) is 12.5. The van der Waals surface area contributed by atoms with Gasteiger partial charge in [-0.2, -0.15) is 0 Å². The number of carbonyl (C=O) groups is 1. The molecule has 8 nitrogen and oxygen atoms in total. The molecule has 2 aromatic rings. The third-order valence-electron chi connectivity index (χ3n) is 3.06. The number of ether oxygens (including phenoxy) is 2. The number of benzene rings is 2. The smallest absolute Gasteiger partial charge is 0.294 e. The molecule has 0 aliphatic carbocycles. The molecule has 0 bridgehead atoms. The SMILES string of the molecule is COc1ccc(C(=O)NNc2ccccc2[N+](=O)[O-])c(OC)c1. The Kier molecular flexibility index (Phi) is 4.98. The van der Waals surface area contributed by atoms with Gasteiger partial charge < -0.3 is 9.47 Å². The number of carbonyl (C=O) groups excluding carboxylic acids is 1. The Morgan fingerprint density at radius 1 is 1.13 bits per heavy atom. The summed E-state index contributed by atoms with van der Waals surface area (Å²) in [4.78, 5) is 22.6. The molecule has 2 N–H and O–H groups in total. The van der Waals surface area contributed by atoms with Gasteiger partial charge in [0.05, 0.1) is 24.7 Å². The van der Waals surface area contributed by atoms with Crippen molar-refractivity contribution in [1.29, 1.82) is 0 Å². The Labute approximate surface area is 132 Å². The highest BCUT2D eigenvalue weighted by atomic mass is 16.6. The van der Waals surface area contributed by atoms with Crippen LogP contribution in [0.4, 0.5) is 11.4 Å². The van der Waals surface area contributed by atoms with Crippen molar-refractivity contribution in [1.82, 2.24) is 5.43 Å². The number of rotatable bonds is 6. The number of para-hydroxylation sites is 2. The molecule has 0 aliphatic rings. The van der Waals surface area contributed by atoms with Gasteiger partial charge in [-0.1, -0.05) is 12.1 Å². The molecule has 0 unspecified atom stereocenters. The van der Waals surface area contributed by atoms with E-state index in [9.17, 15) is 14.9 Å². The number of amides is 1. The molecule has 0 fully saturated rings. The summed E-state index contributed by atoms with van der Waals surface area (Å²) in [6.45, 7) is 0. The van der Waals surface area contributed by atoms with Crippen molar-refractivity contribution >= 4 is 17.3 Å². The standard InChI is InChI=1S/C15H15N3O5/c1-22-10-7-8-11(14(9-10)23-2)15(19)17-16-12-5-3-4-6-13(12)18(20)21/h3-9,16H,1-2H3,(H,17,19). The molecule has 120 valence electrons. The Hall–Kier alpha value is -3.29. The van der Waals surface area contributed by atoms with E-state index in [0.717, 1.165) is 0 Å². The first kappa shape index (κ1) is 16.1. The monoisotopic (exact) mass is 317 g/mol. The lowest BCUT2D eigenvalue weighted by molar-refractivity contribution is -0.384. The topological polar surface area (TPSA) is 103 Å². The summed E-state index contributed by atoms with van der Waals surface area (Å²) in [5.74, 6) is 0.374. The number of hydrazine groups is 1. The van der Waals surface area contributed by atoms with E-state index in [1.807, 2.05) is 0 Å². The second-order valence-electron chi connectivity index (χ2n) is 4.42. The van der Waals surface area contributed by atoms with Crippen molar-refractivity contribution in [2.75, 3.05) is 19.6 Å². The molecule has 8 heteroatoms. The van der Waals surface area contributed by atoms with Crippen molar-refractivity contribution in [2.24, 2.45) is 0 Å². The second-order valence-corrected chi connectivity index (χ2v) is 4.42. The van der Waals surface area contributed by atoms with E-state index in [-0.39, 0.29) is 16.9 Å². The van der Waals surface area contributed by atoms with E-state index in [1.165, 1.54) is 38.5 Å². The van der Waals surface area contributed by atoms with Crippen LogP contribution in [0.2, 0.25) is 0 Å². The quantitative estimate of drug-likeness (QED) is 0.626. The van der Waals surface area contributed by atoms with Crippen LogP contribution in [0.25, 0.3) is 0 Å². The molecular formula is C15H15N3O5. The summed E-state index contributed by atoms with van der Waals surface area (Å²) >= 11 is 0. The van der Waals surface area contributed by atoms with Gasteiger partial charge in [0.1, 0.15) is 17.2 Å². The largest absolute Gasteiger partial charge is 0.497 e. The molecule has 0 aliphatic heterocycles.